The van der Waals surface area contributed by atoms with E-state index in [0.717, 1.165) is 44.9 Å². The van der Waals surface area contributed by atoms with E-state index in [2.05, 4.69) is 79.7 Å². The van der Waals surface area contributed by atoms with Crippen LogP contribution < -0.4 is 0 Å². The molecule has 1 heteroatoms. The molecule has 0 radical (unpaired) electrons. The van der Waals surface area contributed by atoms with Crippen molar-refractivity contribution in [3.63, 3.8) is 0 Å². The number of hydrogen-bond acceptors (Lipinski definition) is 1. The van der Waals surface area contributed by atoms with E-state index in [1.165, 1.54) is 41.6 Å². The van der Waals surface area contributed by atoms with E-state index in [-0.39, 0.29) is 11.3 Å². The average molecular weight is 427 g/mol. The normalized spacial score (nSPS) is 25.7. The first-order valence-electron chi connectivity index (χ1n) is 12.7. The van der Waals surface area contributed by atoms with Crippen LogP contribution in [0.25, 0.3) is 0 Å². The number of unbranched alkanes of at least 4 members (excludes halogenated alkanes) is 1. The first kappa shape index (κ1) is 27.7. The SMILES string of the molecule is CC(C)=CCCC(C)=CCCC(C)=CCCC=C(C)CC[C@]1(C)C(C)C(=O)CC[C@H]1C. The van der Waals surface area contributed by atoms with Gasteiger partial charge in [-0.1, -0.05) is 67.4 Å². The highest BCUT2D eigenvalue weighted by atomic mass is 16.1. The van der Waals surface area contributed by atoms with E-state index in [1.54, 1.807) is 0 Å². The third-order valence-corrected chi connectivity index (χ3v) is 7.75. The van der Waals surface area contributed by atoms with Crippen molar-refractivity contribution in [1.82, 2.24) is 0 Å². The first-order chi connectivity index (χ1) is 14.6. The third kappa shape index (κ3) is 10.2. The lowest BCUT2D eigenvalue weighted by Gasteiger charge is -2.44. The zero-order chi connectivity index (χ0) is 23.4. The minimum Gasteiger partial charge on any atom is -0.299 e. The van der Waals surface area contributed by atoms with Crippen LogP contribution in [0.15, 0.2) is 46.6 Å². The molecule has 1 fully saturated rings. The Kier molecular flexibility index (Phi) is 12.4. The van der Waals surface area contributed by atoms with E-state index in [0.29, 0.717) is 11.7 Å². The first-order valence-corrected chi connectivity index (χ1v) is 12.7. The lowest BCUT2D eigenvalue weighted by molar-refractivity contribution is -0.132. The van der Waals surface area contributed by atoms with Crippen molar-refractivity contribution in [2.75, 3.05) is 0 Å². The summed E-state index contributed by atoms with van der Waals surface area (Å²) < 4.78 is 0. The monoisotopic (exact) mass is 426 g/mol. The van der Waals surface area contributed by atoms with Gasteiger partial charge in [-0.2, -0.15) is 0 Å². The molecule has 0 N–H and O–H groups in total. The quantitative estimate of drug-likeness (QED) is 0.224. The van der Waals surface area contributed by atoms with Crippen LogP contribution in [0.3, 0.4) is 0 Å². The van der Waals surface area contributed by atoms with Gasteiger partial charge in [-0.25, -0.2) is 0 Å². The predicted molar refractivity (Wildman–Crippen MR) is 138 cm³/mol. The van der Waals surface area contributed by atoms with Gasteiger partial charge in [0.05, 0.1) is 0 Å². The van der Waals surface area contributed by atoms with Gasteiger partial charge in [-0.05, 0) is 104 Å². The lowest BCUT2D eigenvalue weighted by Crippen LogP contribution is -2.41. The molecule has 0 amide bonds. The van der Waals surface area contributed by atoms with Crippen molar-refractivity contribution in [1.29, 1.82) is 0 Å². The highest BCUT2D eigenvalue weighted by Gasteiger charge is 2.42. The second kappa shape index (κ2) is 13.9. The van der Waals surface area contributed by atoms with Crippen molar-refractivity contribution in [3.8, 4) is 0 Å². The Labute approximate surface area is 194 Å². The van der Waals surface area contributed by atoms with Gasteiger partial charge in [0, 0.05) is 12.3 Å². The van der Waals surface area contributed by atoms with E-state index < -0.39 is 0 Å². The van der Waals surface area contributed by atoms with E-state index >= 15 is 0 Å². The molecular weight excluding hydrogens is 376 g/mol. The fourth-order valence-corrected chi connectivity index (χ4v) is 4.73. The molecule has 31 heavy (non-hydrogen) atoms. The van der Waals surface area contributed by atoms with Crippen LogP contribution >= 0.6 is 0 Å². The molecule has 1 saturated carbocycles. The Morgan fingerprint density at radius 2 is 1.29 bits per heavy atom. The van der Waals surface area contributed by atoms with Crippen LogP contribution in [-0.2, 0) is 4.79 Å². The van der Waals surface area contributed by atoms with Crippen molar-refractivity contribution in [2.24, 2.45) is 17.3 Å². The maximum absolute atomic E-state index is 12.2. The largest absolute Gasteiger partial charge is 0.299 e. The smallest absolute Gasteiger partial charge is 0.136 e. The summed E-state index contributed by atoms with van der Waals surface area (Å²) >= 11 is 0. The molecule has 1 nitrogen and oxygen atoms in total. The fourth-order valence-electron chi connectivity index (χ4n) is 4.73. The molecule has 1 rings (SSSR count). The average Bonchev–Trinajstić information content (AvgIpc) is 2.71. The summed E-state index contributed by atoms with van der Waals surface area (Å²) in [4.78, 5) is 12.2. The van der Waals surface area contributed by atoms with Crippen molar-refractivity contribution in [2.45, 2.75) is 120 Å². The number of hydrogen-bond donors (Lipinski definition) is 0. The van der Waals surface area contributed by atoms with Gasteiger partial charge in [-0.3, -0.25) is 4.79 Å². The Balaban J connectivity index is 2.35. The maximum Gasteiger partial charge on any atom is 0.136 e. The molecule has 1 aliphatic rings. The van der Waals surface area contributed by atoms with Gasteiger partial charge < -0.3 is 0 Å². The molecule has 0 spiro atoms. The van der Waals surface area contributed by atoms with Gasteiger partial charge in [0.15, 0.2) is 0 Å². The Bertz CT molecular complexity index is 683. The van der Waals surface area contributed by atoms with E-state index in [9.17, 15) is 4.79 Å². The highest BCUT2D eigenvalue weighted by Crippen LogP contribution is 2.47. The summed E-state index contributed by atoms with van der Waals surface area (Å²) in [5.74, 6) is 1.32. The Morgan fingerprint density at radius 3 is 1.84 bits per heavy atom. The second-order valence-electron chi connectivity index (χ2n) is 10.7. The van der Waals surface area contributed by atoms with Crippen LogP contribution in [0, 0.1) is 17.3 Å². The fraction of sp³-hybridized carbons (Fsp3) is 0.700. The molecule has 0 aromatic rings. The Morgan fingerprint density at radius 1 is 0.806 bits per heavy atom. The number of rotatable bonds is 12. The molecule has 176 valence electrons. The molecule has 0 saturated heterocycles. The van der Waals surface area contributed by atoms with Gasteiger partial charge >= 0.3 is 0 Å². The van der Waals surface area contributed by atoms with Crippen LogP contribution in [-0.4, -0.2) is 5.78 Å². The van der Waals surface area contributed by atoms with Crippen LogP contribution in [0.2, 0.25) is 0 Å². The number of allylic oxidation sites excluding steroid dienone is 8. The number of carbonyl (C=O) groups is 1. The van der Waals surface area contributed by atoms with Crippen LogP contribution in [0.5, 0.6) is 0 Å². The zero-order valence-electron chi connectivity index (χ0n) is 21.9. The molecule has 1 aliphatic carbocycles. The zero-order valence-corrected chi connectivity index (χ0v) is 21.9. The summed E-state index contributed by atoms with van der Waals surface area (Å²) in [6.07, 6.45) is 20.6. The van der Waals surface area contributed by atoms with Crippen molar-refractivity contribution < 1.29 is 4.79 Å². The van der Waals surface area contributed by atoms with Crippen LogP contribution in [0.1, 0.15) is 120 Å². The second-order valence-corrected chi connectivity index (χ2v) is 10.7. The summed E-state index contributed by atoms with van der Waals surface area (Å²) in [5, 5.41) is 0. The van der Waals surface area contributed by atoms with E-state index in [1.807, 2.05) is 0 Å². The van der Waals surface area contributed by atoms with E-state index in [4.69, 9.17) is 0 Å². The lowest BCUT2D eigenvalue weighted by atomic mass is 9.59. The van der Waals surface area contributed by atoms with Gasteiger partial charge in [0.1, 0.15) is 5.78 Å². The highest BCUT2D eigenvalue weighted by molar-refractivity contribution is 5.82. The number of ketones is 1. The molecule has 0 aliphatic heterocycles. The third-order valence-electron chi connectivity index (χ3n) is 7.75. The Hall–Kier alpha value is -1.37. The number of Topliss-reactive ketones (excluding diaryl/α,β-unsaturated/α-hetero) is 1. The molecule has 0 aromatic carbocycles. The van der Waals surface area contributed by atoms with Crippen molar-refractivity contribution >= 4 is 5.78 Å². The van der Waals surface area contributed by atoms with Gasteiger partial charge in [-0.15, -0.1) is 0 Å². The summed E-state index contributed by atoms with van der Waals surface area (Å²) in [6.45, 7) is 18.0. The summed E-state index contributed by atoms with van der Waals surface area (Å²) in [6, 6.07) is 0. The molecule has 3 atom stereocenters. The summed E-state index contributed by atoms with van der Waals surface area (Å²) in [7, 11) is 0. The minimum absolute atomic E-state index is 0.165. The summed E-state index contributed by atoms with van der Waals surface area (Å²) in [5.41, 5.74) is 6.09. The molecule has 0 heterocycles. The standard InChI is InChI=1S/C30H50O/c1-23(2)13-11-16-25(4)18-12-17-24(3)14-9-10-15-26(5)21-22-30(8)27(6)19-20-29(31)28(30)7/h13-15,18,27-28H,9-12,16-17,19-22H2,1-8H3/t27-,28?,30+/m1/s1. The minimum atomic E-state index is 0.165. The van der Waals surface area contributed by atoms with Gasteiger partial charge in [0.2, 0.25) is 0 Å². The molecular formula is C30H50O. The maximum atomic E-state index is 12.2. The molecule has 0 bridgehead atoms. The van der Waals surface area contributed by atoms with Gasteiger partial charge in [0.25, 0.3) is 0 Å². The molecule has 1 unspecified atom stereocenters. The van der Waals surface area contributed by atoms with Crippen LogP contribution in [0.4, 0.5) is 0 Å². The number of carbonyl (C=O) groups excluding carboxylic acids is 1. The van der Waals surface area contributed by atoms with Crippen molar-refractivity contribution in [3.05, 3.63) is 46.6 Å². The topological polar surface area (TPSA) is 17.1 Å². The molecule has 0 aromatic heterocycles. The predicted octanol–water partition coefficient (Wildman–Crippen LogP) is 9.55.